The van der Waals surface area contributed by atoms with E-state index in [0.29, 0.717) is 35.8 Å². The van der Waals surface area contributed by atoms with Crippen LogP contribution >= 0.6 is 11.6 Å². The molecule has 1 fully saturated rings. The van der Waals surface area contributed by atoms with Gasteiger partial charge in [-0.3, -0.25) is 14.4 Å². The zero-order valence-corrected chi connectivity index (χ0v) is 18.9. The lowest BCUT2D eigenvalue weighted by Gasteiger charge is -2.36. The van der Waals surface area contributed by atoms with Crippen molar-refractivity contribution in [1.82, 2.24) is 10.2 Å². The third-order valence-corrected chi connectivity index (χ3v) is 5.73. The molecule has 1 aliphatic heterocycles. The largest absolute Gasteiger partial charge is 0.497 e. The van der Waals surface area contributed by atoms with Gasteiger partial charge in [-0.25, -0.2) is 0 Å². The number of halogens is 1. The van der Waals surface area contributed by atoms with E-state index >= 15 is 0 Å². The maximum atomic E-state index is 12.4. The number of ether oxygens (including phenoxy) is 1. The van der Waals surface area contributed by atoms with Crippen molar-refractivity contribution < 1.29 is 19.1 Å². The molecule has 0 spiro atoms. The number of anilines is 1. The van der Waals surface area contributed by atoms with Crippen LogP contribution in [0.25, 0.3) is 0 Å². The van der Waals surface area contributed by atoms with Crippen LogP contribution < -0.4 is 15.0 Å². The first-order chi connectivity index (χ1) is 15.5. The molecule has 32 heavy (non-hydrogen) atoms. The van der Waals surface area contributed by atoms with Gasteiger partial charge in [0.15, 0.2) is 5.78 Å². The first kappa shape index (κ1) is 23.6. The minimum absolute atomic E-state index is 0.0184. The summed E-state index contributed by atoms with van der Waals surface area (Å²) >= 11 is 5.93. The summed E-state index contributed by atoms with van der Waals surface area (Å²) in [7, 11) is 1.57. The average Bonchev–Trinajstić information content (AvgIpc) is 2.83. The lowest BCUT2D eigenvalue weighted by Crippen LogP contribution is -2.51. The molecule has 170 valence electrons. The Bertz CT molecular complexity index is 923. The fraction of sp³-hybridized carbons (Fsp3) is 0.375. The van der Waals surface area contributed by atoms with Crippen LogP contribution in [0, 0.1) is 0 Å². The van der Waals surface area contributed by atoms with E-state index in [9.17, 15) is 14.4 Å². The van der Waals surface area contributed by atoms with E-state index in [-0.39, 0.29) is 37.0 Å². The zero-order chi connectivity index (χ0) is 22.9. The van der Waals surface area contributed by atoms with Crippen molar-refractivity contribution in [3.8, 4) is 5.75 Å². The molecule has 0 radical (unpaired) electrons. The lowest BCUT2D eigenvalue weighted by molar-refractivity contribution is -0.133. The average molecular weight is 458 g/mol. The van der Waals surface area contributed by atoms with E-state index in [4.69, 9.17) is 16.3 Å². The fourth-order valence-electron chi connectivity index (χ4n) is 3.57. The molecule has 2 aromatic carbocycles. The summed E-state index contributed by atoms with van der Waals surface area (Å²) in [6.45, 7) is 2.65. The first-order valence-electron chi connectivity index (χ1n) is 10.7. The molecule has 1 N–H and O–H groups in total. The molecule has 1 heterocycles. The quantitative estimate of drug-likeness (QED) is 0.585. The van der Waals surface area contributed by atoms with Gasteiger partial charge in [0.2, 0.25) is 11.8 Å². The standard InChI is InChI=1S/C24H28ClN3O4/c1-32-21-11-5-18(6-12-21)22(29)3-2-4-23(30)26-17-24(31)28-15-13-27(14-16-28)20-9-7-19(25)8-10-20/h5-12H,2-4,13-17H2,1H3,(H,26,30). The van der Waals surface area contributed by atoms with Crippen LogP contribution in [0.15, 0.2) is 48.5 Å². The van der Waals surface area contributed by atoms with Gasteiger partial charge in [-0.15, -0.1) is 0 Å². The van der Waals surface area contributed by atoms with E-state index in [1.807, 2.05) is 24.3 Å². The summed E-state index contributed by atoms with van der Waals surface area (Å²) in [5.41, 5.74) is 1.68. The second-order valence-electron chi connectivity index (χ2n) is 7.63. The number of benzene rings is 2. The van der Waals surface area contributed by atoms with E-state index in [2.05, 4.69) is 10.2 Å². The van der Waals surface area contributed by atoms with E-state index < -0.39 is 0 Å². The van der Waals surface area contributed by atoms with Crippen LogP contribution in [-0.4, -0.2) is 62.3 Å². The van der Waals surface area contributed by atoms with Crippen molar-refractivity contribution in [2.24, 2.45) is 0 Å². The van der Waals surface area contributed by atoms with Gasteiger partial charge in [0.05, 0.1) is 13.7 Å². The Morgan fingerprint density at radius 1 is 0.938 bits per heavy atom. The number of hydrogen-bond acceptors (Lipinski definition) is 5. The first-order valence-corrected chi connectivity index (χ1v) is 11.1. The minimum Gasteiger partial charge on any atom is -0.497 e. The summed E-state index contributed by atoms with van der Waals surface area (Å²) in [6.07, 6.45) is 0.921. The molecule has 0 bridgehead atoms. The van der Waals surface area contributed by atoms with Crippen molar-refractivity contribution in [1.29, 1.82) is 0 Å². The predicted octanol–water partition coefficient (Wildman–Crippen LogP) is 3.17. The molecular weight excluding hydrogens is 430 g/mol. The molecule has 0 aromatic heterocycles. The van der Waals surface area contributed by atoms with Gasteiger partial charge in [0.1, 0.15) is 5.75 Å². The molecule has 2 amide bonds. The highest BCUT2D eigenvalue weighted by Crippen LogP contribution is 2.19. The predicted molar refractivity (Wildman–Crippen MR) is 124 cm³/mol. The Balaban J connectivity index is 1.32. The molecule has 3 rings (SSSR count). The van der Waals surface area contributed by atoms with Gasteiger partial charge >= 0.3 is 0 Å². The molecule has 1 saturated heterocycles. The second-order valence-corrected chi connectivity index (χ2v) is 8.06. The molecule has 2 aromatic rings. The monoisotopic (exact) mass is 457 g/mol. The van der Waals surface area contributed by atoms with Crippen molar-refractivity contribution in [3.63, 3.8) is 0 Å². The summed E-state index contributed by atoms with van der Waals surface area (Å²) < 4.78 is 5.08. The van der Waals surface area contributed by atoms with Crippen LogP contribution in [0.3, 0.4) is 0 Å². The number of methoxy groups -OCH3 is 1. The molecule has 7 nitrogen and oxygen atoms in total. The molecule has 0 aliphatic carbocycles. The summed E-state index contributed by atoms with van der Waals surface area (Å²) in [4.78, 5) is 40.7. The van der Waals surface area contributed by atoms with Crippen LogP contribution in [0.2, 0.25) is 5.02 Å². The Kier molecular flexibility index (Phi) is 8.50. The lowest BCUT2D eigenvalue weighted by atomic mass is 10.1. The molecule has 1 aliphatic rings. The van der Waals surface area contributed by atoms with E-state index in [0.717, 1.165) is 18.8 Å². The van der Waals surface area contributed by atoms with Gasteiger partial charge in [-0.05, 0) is 55.0 Å². The Labute approximate surface area is 193 Å². The molecule has 0 unspecified atom stereocenters. The third-order valence-electron chi connectivity index (χ3n) is 5.48. The minimum atomic E-state index is -0.222. The van der Waals surface area contributed by atoms with E-state index in [1.165, 1.54) is 0 Å². The van der Waals surface area contributed by atoms with Gasteiger partial charge in [0.25, 0.3) is 0 Å². The topological polar surface area (TPSA) is 78.9 Å². The normalized spacial score (nSPS) is 13.6. The highest BCUT2D eigenvalue weighted by molar-refractivity contribution is 6.30. The number of nitrogens with one attached hydrogen (secondary N) is 1. The Morgan fingerprint density at radius 2 is 1.59 bits per heavy atom. The van der Waals surface area contributed by atoms with Crippen molar-refractivity contribution >= 4 is 34.9 Å². The van der Waals surface area contributed by atoms with Crippen LogP contribution in [-0.2, 0) is 9.59 Å². The Morgan fingerprint density at radius 3 is 2.22 bits per heavy atom. The van der Waals surface area contributed by atoms with E-state index in [1.54, 1.807) is 36.3 Å². The van der Waals surface area contributed by atoms with Gasteiger partial charge in [-0.1, -0.05) is 11.6 Å². The van der Waals surface area contributed by atoms with Crippen molar-refractivity contribution in [3.05, 3.63) is 59.1 Å². The number of piperazine rings is 1. The molecular formula is C24H28ClN3O4. The summed E-state index contributed by atoms with van der Waals surface area (Å²) in [5, 5.41) is 3.37. The number of carbonyl (C=O) groups is 3. The van der Waals surface area contributed by atoms with Crippen LogP contribution in [0.5, 0.6) is 5.75 Å². The summed E-state index contributed by atoms with van der Waals surface area (Å²) in [5.74, 6) is 0.358. The number of carbonyl (C=O) groups excluding carboxylic acids is 3. The smallest absolute Gasteiger partial charge is 0.242 e. The Hall–Kier alpha value is -3.06. The van der Waals surface area contributed by atoms with Crippen LogP contribution in [0.4, 0.5) is 5.69 Å². The maximum Gasteiger partial charge on any atom is 0.242 e. The number of nitrogens with zero attached hydrogens (tertiary/aromatic N) is 2. The number of amides is 2. The highest BCUT2D eigenvalue weighted by Gasteiger charge is 2.21. The number of hydrogen-bond donors (Lipinski definition) is 1. The van der Waals surface area contributed by atoms with Gasteiger partial charge in [0, 0.05) is 55.3 Å². The fourth-order valence-corrected chi connectivity index (χ4v) is 3.70. The molecule has 8 heteroatoms. The molecule has 0 atom stereocenters. The number of ketones is 1. The number of Topliss-reactive ketones (excluding diaryl/α,β-unsaturated/α-hetero) is 1. The SMILES string of the molecule is COc1ccc(C(=O)CCCC(=O)NCC(=O)N2CCN(c3ccc(Cl)cc3)CC2)cc1. The molecule has 0 saturated carbocycles. The van der Waals surface area contributed by atoms with Gasteiger partial charge in [-0.2, -0.15) is 0 Å². The second kappa shape index (κ2) is 11.5. The third kappa shape index (κ3) is 6.72. The zero-order valence-electron chi connectivity index (χ0n) is 18.2. The maximum absolute atomic E-state index is 12.4. The highest BCUT2D eigenvalue weighted by atomic mass is 35.5. The van der Waals surface area contributed by atoms with Gasteiger partial charge < -0.3 is 19.9 Å². The van der Waals surface area contributed by atoms with Crippen molar-refractivity contribution in [2.45, 2.75) is 19.3 Å². The van der Waals surface area contributed by atoms with Crippen molar-refractivity contribution in [2.75, 3.05) is 44.7 Å². The summed E-state index contributed by atoms with van der Waals surface area (Å²) in [6, 6.07) is 14.6. The van der Waals surface area contributed by atoms with Crippen LogP contribution in [0.1, 0.15) is 29.6 Å². The number of rotatable bonds is 9.